The van der Waals surface area contributed by atoms with E-state index in [-0.39, 0.29) is 0 Å². The van der Waals surface area contributed by atoms with Crippen LogP contribution in [0.5, 0.6) is 0 Å². The summed E-state index contributed by atoms with van der Waals surface area (Å²) in [6.07, 6.45) is 11.5. The third kappa shape index (κ3) is 8.43. The van der Waals surface area contributed by atoms with E-state index in [0.717, 1.165) is 9.99 Å². The van der Waals surface area contributed by atoms with Gasteiger partial charge in [-0.15, -0.1) is 0 Å². The third-order valence-electron chi connectivity index (χ3n) is 3.48. The first-order valence-corrected chi connectivity index (χ1v) is 10.4. The summed E-state index contributed by atoms with van der Waals surface area (Å²) in [6.45, 7) is 2.25. The summed E-state index contributed by atoms with van der Waals surface area (Å²) in [6, 6.07) is 7.21. The molecule has 1 N–H and O–H groups in total. The first kappa shape index (κ1) is 19.0. The van der Waals surface area contributed by atoms with Crippen LogP contribution in [0.15, 0.2) is 24.3 Å². The van der Waals surface area contributed by atoms with Crippen LogP contribution < -0.4 is 21.2 Å². The van der Waals surface area contributed by atoms with Gasteiger partial charge in [0.05, 0.1) is 0 Å². The minimum Gasteiger partial charge on any atom is -0.478 e. The van der Waals surface area contributed by atoms with Crippen LogP contribution in [0, 0.1) is 13.4 Å². The molecule has 0 radical (unpaired) electrons. The molecule has 0 aliphatic carbocycles. The van der Waals surface area contributed by atoms with Crippen molar-refractivity contribution >= 4 is 5.97 Å². The van der Waals surface area contributed by atoms with Gasteiger partial charge < -0.3 is 5.11 Å². The van der Waals surface area contributed by atoms with Gasteiger partial charge in [-0.25, -0.2) is 4.79 Å². The Morgan fingerprint density at radius 3 is 2.36 bits per heavy atom. The zero-order valence-electron chi connectivity index (χ0n) is 13.4. The highest BCUT2D eigenvalue weighted by Crippen LogP contribution is 2.08. The lowest BCUT2D eigenvalue weighted by Gasteiger charge is -1.98. The van der Waals surface area contributed by atoms with Gasteiger partial charge >= 0.3 is 27.2 Å². The quantitative estimate of drug-likeness (QED) is 0.363. The number of aromatic carboxylic acids is 1. The van der Waals surface area contributed by atoms with Crippen LogP contribution in [-0.2, 0) is 0 Å². The largest absolute Gasteiger partial charge is 0.478 e. The van der Waals surface area contributed by atoms with Crippen molar-refractivity contribution in [3.05, 3.63) is 33.4 Å². The molecule has 0 bridgehead atoms. The Morgan fingerprint density at radius 1 is 1.05 bits per heavy atom. The standard InChI is InChI=1S/C19H25IO2/c1-2-3-4-5-6-7-8-9-10-13-16-20-18-15-12-11-14-17(18)19(21)22/h11-12,14-15H,2-10H2,1H3/p+1. The van der Waals surface area contributed by atoms with Crippen LogP contribution >= 0.6 is 0 Å². The van der Waals surface area contributed by atoms with Gasteiger partial charge in [-0.3, -0.25) is 0 Å². The van der Waals surface area contributed by atoms with Crippen molar-refractivity contribution in [2.45, 2.75) is 64.7 Å². The predicted molar refractivity (Wildman–Crippen MR) is 87.1 cm³/mol. The number of carbonyl (C=O) groups is 1. The van der Waals surface area contributed by atoms with E-state index in [2.05, 4.69) is 16.8 Å². The first-order valence-electron chi connectivity index (χ1n) is 8.19. The molecular weight excluding hydrogens is 387 g/mol. The molecule has 2 nitrogen and oxygen atoms in total. The maximum absolute atomic E-state index is 11.1. The van der Waals surface area contributed by atoms with Crippen molar-refractivity contribution in [2.24, 2.45) is 0 Å². The van der Waals surface area contributed by atoms with Gasteiger partial charge in [0.15, 0.2) is 3.93 Å². The lowest BCUT2D eigenvalue weighted by atomic mass is 10.1. The molecule has 0 fully saturated rings. The SMILES string of the molecule is CCCCCCCCCCC#C[I+]c1ccccc1C(=O)O. The van der Waals surface area contributed by atoms with Gasteiger partial charge in [-0.2, -0.15) is 0 Å². The topological polar surface area (TPSA) is 37.3 Å². The van der Waals surface area contributed by atoms with E-state index in [4.69, 9.17) is 5.11 Å². The summed E-state index contributed by atoms with van der Waals surface area (Å²) in [5.41, 5.74) is 0.414. The molecule has 0 aliphatic rings. The second-order valence-corrected chi connectivity index (χ2v) is 7.62. The molecule has 22 heavy (non-hydrogen) atoms. The lowest BCUT2D eigenvalue weighted by Crippen LogP contribution is -3.59. The van der Waals surface area contributed by atoms with E-state index in [1.54, 1.807) is 12.1 Å². The molecule has 1 rings (SSSR count). The fourth-order valence-electron chi connectivity index (χ4n) is 2.20. The molecular formula is C19H26IO2+. The lowest BCUT2D eigenvalue weighted by molar-refractivity contribution is -0.535. The summed E-state index contributed by atoms with van der Waals surface area (Å²) in [5.74, 6) is 2.37. The van der Waals surface area contributed by atoms with Crippen molar-refractivity contribution in [3.63, 3.8) is 0 Å². The summed E-state index contributed by atoms with van der Waals surface area (Å²) >= 11 is -0.507. The van der Waals surface area contributed by atoms with E-state index in [9.17, 15) is 4.79 Å². The number of hydrogen-bond acceptors (Lipinski definition) is 1. The average Bonchev–Trinajstić information content (AvgIpc) is 2.53. The molecule has 0 unspecified atom stereocenters. The average molecular weight is 413 g/mol. The maximum atomic E-state index is 11.1. The van der Waals surface area contributed by atoms with Crippen molar-refractivity contribution in [2.75, 3.05) is 0 Å². The van der Waals surface area contributed by atoms with Crippen LogP contribution in [0.3, 0.4) is 0 Å². The van der Waals surface area contributed by atoms with Crippen molar-refractivity contribution in [3.8, 4) is 9.85 Å². The van der Waals surface area contributed by atoms with E-state index < -0.39 is 27.2 Å². The van der Waals surface area contributed by atoms with E-state index >= 15 is 0 Å². The zero-order chi connectivity index (χ0) is 16.0. The van der Waals surface area contributed by atoms with Gasteiger partial charge in [0.2, 0.25) is 3.57 Å². The minimum absolute atomic E-state index is 0.414. The Balaban J connectivity index is 2.14. The smallest absolute Gasteiger partial charge is 0.420 e. The monoisotopic (exact) mass is 413 g/mol. The van der Waals surface area contributed by atoms with Crippen LogP contribution in [-0.4, -0.2) is 11.1 Å². The van der Waals surface area contributed by atoms with Gasteiger partial charge in [0, 0.05) is 6.42 Å². The number of carboxylic acid groups (broad SMARTS) is 1. The molecule has 0 saturated carbocycles. The van der Waals surface area contributed by atoms with Crippen molar-refractivity contribution in [1.29, 1.82) is 0 Å². The molecule has 0 aromatic heterocycles. The number of hydrogen-bond donors (Lipinski definition) is 1. The Morgan fingerprint density at radius 2 is 1.68 bits per heavy atom. The second-order valence-electron chi connectivity index (χ2n) is 5.38. The summed E-state index contributed by atoms with van der Waals surface area (Å²) in [5, 5.41) is 9.11. The number of benzene rings is 1. The maximum Gasteiger partial charge on any atom is 0.420 e. The molecule has 120 valence electrons. The first-order chi connectivity index (χ1) is 10.8. The van der Waals surface area contributed by atoms with Crippen LogP contribution in [0.2, 0.25) is 0 Å². The Labute approximate surface area is 145 Å². The molecule has 0 aliphatic heterocycles. The number of rotatable bonds is 10. The molecule has 0 atom stereocenters. The van der Waals surface area contributed by atoms with E-state index in [0.29, 0.717) is 5.56 Å². The highest BCUT2D eigenvalue weighted by molar-refractivity contribution is 5.87. The molecule has 0 spiro atoms. The molecule has 1 aromatic carbocycles. The van der Waals surface area contributed by atoms with Crippen molar-refractivity contribution < 1.29 is 31.1 Å². The Kier molecular flexibility index (Phi) is 10.8. The predicted octanol–water partition coefficient (Wildman–Crippen LogP) is 2.14. The summed E-state index contributed by atoms with van der Waals surface area (Å²) in [4.78, 5) is 11.1. The second kappa shape index (κ2) is 12.5. The van der Waals surface area contributed by atoms with E-state index in [1.165, 1.54) is 51.4 Å². The van der Waals surface area contributed by atoms with Crippen LogP contribution in [0.4, 0.5) is 0 Å². The zero-order valence-corrected chi connectivity index (χ0v) is 15.6. The number of carboxylic acids is 1. The summed E-state index contributed by atoms with van der Waals surface area (Å²) < 4.78 is 4.13. The normalized spacial score (nSPS) is 10.0. The molecule has 0 amide bonds. The minimum atomic E-state index is -0.847. The molecule has 1 aromatic rings. The molecule has 0 saturated heterocycles. The van der Waals surface area contributed by atoms with Gasteiger partial charge in [0.1, 0.15) is 5.56 Å². The van der Waals surface area contributed by atoms with Crippen LogP contribution in [0.25, 0.3) is 0 Å². The highest BCUT2D eigenvalue weighted by Gasteiger charge is 2.19. The molecule has 3 heteroatoms. The third-order valence-corrected chi connectivity index (χ3v) is 5.65. The molecule has 0 heterocycles. The number of unbranched alkanes of at least 4 members (excludes halogenated alkanes) is 8. The van der Waals surface area contributed by atoms with Gasteiger partial charge in [-0.05, 0) is 24.5 Å². The fraction of sp³-hybridized carbons (Fsp3) is 0.526. The summed E-state index contributed by atoms with van der Waals surface area (Å²) in [7, 11) is 0. The van der Waals surface area contributed by atoms with E-state index in [1.807, 2.05) is 12.1 Å². The van der Waals surface area contributed by atoms with Gasteiger partial charge in [-0.1, -0.05) is 64.0 Å². The number of halogens is 1. The Hall–Kier alpha value is -1.02. The Bertz CT molecular complexity index is 500. The van der Waals surface area contributed by atoms with Crippen LogP contribution in [0.1, 0.15) is 75.1 Å². The van der Waals surface area contributed by atoms with Gasteiger partial charge in [0.25, 0.3) is 0 Å². The van der Waals surface area contributed by atoms with Crippen molar-refractivity contribution in [1.82, 2.24) is 0 Å². The fourth-order valence-corrected chi connectivity index (χ4v) is 4.04. The highest BCUT2D eigenvalue weighted by atomic mass is 127.